The van der Waals surface area contributed by atoms with Crippen LogP contribution in [0.5, 0.6) is 0 Å². The standard InChI is InChI=1S/C24H27N3O2/c1-16-7-5-6-8-18(16)14-27-15-19(13-21(27)28)23-25-22(26-29-23)17-9-11-20(12-10-17)24(2,3)4/h5-12,19H,13-15H2,1-4H3. The van der Waals surface area contributed by atoms with E-state index in [4.69, 9.17) is 4.52 Å². The highest BCUT2D eigenvalue weighted by atomic mass is 16.5. The summed E-state index contributed by atoms with van der Waals surface area (Å²) in [6, 6.07) is 16.4. The van der Waals surface area contributed by atoms with Crippen molar-refractivity contribution < 1.29 is 9.32 Å². The minimum absolute atomic E-state index is 0.0541. The maximum atomic E-state index is 12.5. The van der Waals surface area contributed by atoms with Crippen LogP contribution < -0.4 is 0 Å². The van der Waals surface area contributed by atoms with Crippen LogP contribution in [0, 0.1) is 6.92 Å². The van der Waals surface area contributed by atoms with E-state index in [0.717, 1.165) is 5.56 Å². The number of likely N-dealkylation sites (tertiary alicyclic amines) is 1. The van der Waals surface area contributed by atoms with Crippen molar-refractivity contribution in [1.82, 2.24) is 15.0 Å². The molecular formula is C24H27N3O2. The Kier molecular flexibility index (Phi) is 4.99. The van der Waals surface area contributed by atoms with Crippen molar-refractivity contribution in [3.8, 4) is 11.4 Å². The normalized spacial score (nSPS) is 17.2. The van der Waals surface area contributed by atoms with Gasteiger partial charge in [-0.3, -0.25) is 4.79 Å². The fourth-order valence-electron chi connectivity index (χ4n) is 3.72. The Labute approximate surface area is 171 Å². The molecule has 150 valence electrons. The summed E-state index contributed by atoms with van der Waals surface area (Å²) >= 11 is 0. The van der Waals surface area contributed by atoms with Gasteiger partial charge in [0.1, 0.15) is 0 Å². The summed E-state index contributed by atoms with van der Waals surface area (Å²) < 4.78 is 5.53. The van der Waals surface area contributed by atoms with Crippen molar-refractivity contribution in [2.24, 2.45) is 0 Å². The number of benzene rings is 2. The van der Waals surface area contributed by atoms with Gasteiger partial charge in [-0.1, -0.05) is 74.5 Å². The predicted octanol–water partition coefficient (Wildman–Crippen LogP) is 4.86. The summed E-state index contributed by atoms with van der Waals surface area (Å²) in [4.78, 5) is 19.0. The predicted molar refractivity (Wildman–Crippen MR) is 112 cm³/mol. The summed E-state index contributed by atoms with van der Waals surface area (Å²) in [5.74, 6) is 1.19. The van der Waals surface area contributed by atoms with E-state index in [1.165, 1.54) is 16.7 Å². The van der Waals surface area contributed by atoms with Gasteiger partial charge in [0.05, 0.1) is 5.92 Å². The number of aromatic nitrogens is 2. The number of hydrogen-bond donors (Lipinski definition) is 0. The molecule has 2 aromatic carbocycles. The lowest BCUT2D eigenvalue weighted by Gasteiger charge is -2.18. The quantitative estimate of drug-likeness (QED) is 0.639. The first-order valence-electron chi connectivity index (χ1n) is 10.1. The smallest absolute Gasteiger partial charge is 0.232 e. The summed E-state index contributed by atoms with van der Waals surface area (Å²) in [6.45, 7) is 9.87. The summed E-state index contributed by atoms with van der Waals surface area (Å²) in [5.41, 5.74) is 4.66. The van der Waals surface area contributed by atoms with Gasteiger partial charge in [0, 0.05) is 25.1 Å². The Morgan fingerprint density at radius 3 is 2.52 bits per heavy atom. The van der Waals surface area contributed by atoms with Crippen LogP contribution in [0.1, 0.15) is 55.7 Å². The molecular weight excluding hydrogens is 362 g/mol. The fraction of sp³-hybridized carbons (Fsp3) is 0.375. The molecule has 1 aliphatic rings. The number of nitrogens with zero attached hydrogens (tertiary/aromatic N) is 3. The van der Waals surface area contributed by atoms with E-state index in [9.17, 15) is 4.79 Å². The fourth-order valence-corrected chi connectivity index (χ4v) is 3.72. The second-order valence-corrected chi connectivity index (χ2v) is 8.89. The first-order chi connectivity index (χ1) is 13.8. The highest BCUT2D eigenvalue weighted by Gasteiger charge is 2.34. The Balaban J connectivity index is 1.47. The van der Waals surface area contributed by atoms with Crippen LogP contribution in [-0.2, 0) is 16.8 Å². The molecule has 1 atom stereocenters. The van der Waals surface area contributed by atoms with E-state index in [1.807, 2.05) is 29.2 Å². The van der Waals surface area contributed by atoms with Crippen LogP contribution in [0.25, 0.3) is 11.4 Å². The van der Waals surface area contributed by atoms with E-state index in [1.54, 1.807) is 0 Å². The average molecular weight is 389 g/mol. The van der Waals surface area contributed by atoms with Gasteiger partial charge < -0.3 is 9.42 Å². The maximum absolute atomic E-state index is 12.5. The van der Waals surface area contributed by atoms with Crippen molar-refractivity contribution in [2.75, 3.05) is 6.54 Å². The largest absolute Gasteiger partial charge is 0.339 e. The maximum Gasteiger partial charge on any atom is 0.232 e. The first kappa shape index (κ1) is 19.4. The molecule has 1 unspecified atom stereocenters. The first-order valence-corrected chi connectivity index (χ1v) is 10.1. The monoisotopic (exact) mass is 389 g/mol. The third kappa shape index (κ3) is 4.09. The molecule has 0 bridgehead atoms. The highest BCUT2D eigenvalue weighted by molar-refractivity contribution is 5.79. The molecule has 1 amide bonds. The minimum Gasteiger partial charge on any atom is -0.339 e. The van der Waals surface area contributed by atoms with Crippen LogP contribution in [-0.4, -0.2) is 27.5 Å². The number of aryl methyl sites for hydroxylation is 1. The molecule has 2 heterocycles. The van der Waals surface area contributed by atoms with Crippen molar-refractivity contribution in [1.29, 1.82) is 0 Å². The van der Waals surface area contributed by atoms with Gasteiger partial charge in [0.15, 0.2) is 0 Å². The lowest BCUT2D eigenvalue weighted by molar-refractivity contribution is -0.128. The molecule has 0 radical (unpaired) electrons. The lowest BCUT2D eigenvalue weighted by atomic mass is 9.87. The van der Waals surface area contributed by atoms with Gasteiger partial charge in [0.2, 0.25) is 17.6 Å². The van der Waals surface area contributed by atoms with Crippen molar-refractivity contribution in [2.45, 2.75) is 52.0 Å². The van der Waals surface area contributed by atoms with E-state index in [0.29, 0.717) is 31.2 Å². The third-order valence-electron chi connectivity index (χ3n) is 5.64. The van der Waals surface area contributed by atoms with Crippen molar-refractivity contribution in [3.05, 3.63) is 71.1 Å². The molecule has 3 aromatic rings. The van der Waals surface area contributed by atoms with Gasteiger partial charge in [-0.15, -0.1) is 0 Å². The number of rotatable bonds is 4. The Morgan fingerprint density at radius 1 is 1.10 bits per heavy atom. The van der Waals surface area contributed by atoms with Crippen molar-refractivity contribution >= 4 is 5.91 Å². The molecule has 0 saturated carbocycles. The van der Waals surface area contributed by atoms with Gasteiger partial charge in [-0.25, -0.2) is 0 Å². The Bertz CT molecular complexity index is 1020. The zero-order valence-corrected chi connectivity index (χ0v) is 17.5. The average Bonchev–Trinajstić information content (AvgIpc) is 3.30. The molecule has 0 N–H and O–H groups in total. The summed E-state index contributed by atoms with van der Waals surface area (Å²) in [5, 5.41) is 4.16. The number of carbonyl (C=O) groups excluding carboxylic acids is 1. The number of carbonyl (C=O) groups is 1. The molecule has 1 aliphatic heterocycles. The Hall–Kier alpha value is -2.95. The van der Waals surface area contributed by atoms with Crippen LogP contribution in [0.4, 0.5) is 0 Å². The summed E-state index contributed by atoms with van der Waals surface area (Å²) in [6.07, 6.45) is 0.413. The second-order valence-electron chi connectivity index (χ2n) is 8.89. The lowest BCUT2D eigenvalue weighted by Crippen LogP contribution is -2.24. The van der Waals surface area contributed by atoms with Crippen LogP contribution in [0.2, 0.25) is 0 Å². The summed E-state index contributed by atoms with van der Waals surface area (Å²) in [7, 11) is 0. The minimum atomic E-state index is -0.0541. The zero-order chi connectivity index (χ0) is 20.6. The SMILES string of the molecule is Cc1ccccc1CN1CC(c2nc(-c3ccc(C(C)(C)C)cc3)no2)CC1=O. The number of amides is 1. The molecule has 1 saturated heterocycles. The van der Waals surface area contributed by atoms with E-state index in [2.05, 4.69) is 62.1 Å². The molecule has 29 heavy (non-hydrogen) atoms. The third-order valence-corrected chi connectivity index (χ3v) is 5.64. The molecule has 1 fully saturated rings. The molecule has 0 spiro atoms. The van der Waals surface area contributed by atoms with E-state index < -0.39 is 0 Å². The van der Waals surface area contributed by atoms with Gasteiger partial charge >= 0.3 is 0 Å². The molecule has 5 heteroatoms. The van der Waals surface area contributed by atoms with Crippen LogP contribution in [0.15, 0.2) is 53.1 Å². The topological polar surface area (TPSA) is 59.2 Å². The van der Waals surface area contributed by atoms with Crippen molar-refractivity contribution in [3.63, 3.8) is 0 Å². The van der Waals surface area contributed by atoms with Gasteiger partial charge in [-0.05, 0) is 29.0 Å². The molecule has 5 nitrogen and oxygen atoms in total. The van der Waals surface area contributed by atoms with E-state index in [-0.39, 0.29) is 17.2 Å². The van der Waals surface area contributed by atoms with E-state index >= 15 is 0 Å². The van der Waals surface area contributed by atoms with Gasteiger partial charge in [0.25, 0.3) is 0 Å². The Morgan fingerprint density at radius 2 is 1.83 bits per heavy atom. The molecule has 0 aliphatic carbocycles. The molecule has 1 aromatic heterocycles. The van der Waals surface area contributed by atoms with Crippen LogP contribution >= 0.6 is 0 Å². The zero-order valence-electron chi connectivity index (χ0n) is 17.5. The number of hydrogen-bond acceptors (Lipinski definition) is 4. The molecule has 4 rings (SSSR count). The van der Waals surface area contributed by atoms with Gasteiger partial charge in [-0.2, -0.15) is 4.98 Å². The second kappa shape index (κ2) is 7.47. The van der Waals surface area contributed by atoms with Crippen LogP contribution in [0.3, 0.4) is 0 Å². The highest BCUT2D eigenvalue weighted by Crippen LogP contribution is 2.30.